The lowest BCUT2D eigenvalue weighted by atomic mass is 10.1. The third-order valence-corrected chi connectivity index (χ3v) is 7.40. The number of methoxy groups -OCH3 is 2. The van der Waals surface area contributed by atoms with E-state index < -0.39 is 5.91 Å². The summed E-state index contributed by atoms with van der Waals surface area (Å²) in [4.78, 5) is 35.2. The largest absolute Gasteiger partial charge is 0.383 e. The predicted octanol–water partition coefficient (Wildman–Crippen LogP) is 2.88. The predicted molar refractivity (Wildman–Crippen MR) is 152 cm³/mol. The molecule has 4 aromatic heterocycles. The van der Waals surface area contributed by atoms with Gasteiger partial charge >= 0.3 is 0 Å². The van der Waals surface area contributed by atoms with Crippen molar-refractivity contribution in [3.8, 4) is 11.4 Å². The minimum atomic E-state index is -0.668. The second-order valence-corrected chi connectivity index (χ2v) is 10.1. The lowest BCUT2D eigenvalue weighted by Crippen LogP contribution is -2.31. The Balaban J connectivity index is 1.54. The van der Waals surface area contributed by atoms with E-state index in [4.69, 9.17) is 24.6 Å². The minimum Gasteiger partial charge on any atom is -0.383 e. The van der Waals surface area contributed by atoms with Gasteiger partial charge in [-0.25, -0.2) is 25.4 Å². The van der Waals surface area contributed by atoms with Crippen LogP contribution in [-0.4, -0.2) is 88.8 Å². The number of ether oxygens (including phenoxy) is 2. The number of fused-ring (bicyclic) bond motifs is 2. The van der Waals surface area contributed by atoms with E-state index in [1.54, 1.807) is 37.2 Å². The van der Waals surface area contributed by atoms with E-state index in [0.717, 1.165) is 37.4 Å². The number of nitrogens with zero attached hydrogens (tertiary/aromatic N) is 7. The van der Waals surface area contributed by atoms with Crippen molar-refractivity contribution >= 4 is 50.1 Å². The number of hydrogen-bond donors (Lipinski definition) is 3. The Morgan fingerprint density at radius 1 is 1.10 bits per heavy atom. The van der Waals surface area contributed by atoms with Gasteiger partial charge in [0.1, 0.15) is 0 Å². The van der Waals surface area contributed by atoms with Gasteiger partial charge in [-0.05, 0) is 12.1 Å². The summed E-state index contributed by atoms with van der Waals surface area (Å²) in [6, 6.07) is 7.98. The van der Waals surface area contributed by atoms with Crippen LogP contribution in [0.1, 0.15) is 15.2 Å². The fourth-order valence-electron chi connectivity index (χ4n) is 4.27. The molecule has 40 heavy (non-hydrogen) atoms. The molecule has 13 nitrogen and oxygen atoms in total. The Morgan fingerprint density at radius 3 is 2.55 bits per heavy atom. The Morgan fingerprint density at radius 2 is 1.85 bits per heavy atom. The molecule has 0 aliphatic carbocycles. The van der Waals surface area contributed by atoms with Crippen molar-refractivity contribution in [2.75, 3.05) is 57.4 Å². The molecule has 1 aromatic carbocycles. The summed E-state index contributed by atoms with van der Waals surface area (Å²) >= 11 is 1.60. The summed E-state index contributed by atoms with van der Waals surface area (Å²) in [5.74, 6) is 1.18. The average Bonchev–Trinajstić information content (AvgIpc) is 3.63. The van der Waals surface area contributed by atoms with Crippen molar-refractivity contribution < 1.29 is 19.5 Å². The molecule has 208 valence electrons. The zero-order valence-electron chi connectivity index (χ0n) is 22.3. The highest BCUT2D eigenvalue weighted by molar-refractivity contribution is 7.19. The number of benzene rings is 1. The zero-order chi connectivity index (χ0) is 28.1. The SMILES string of the molecule is COCCN(CCOC)c1nc(-c2cccc3[nH]ncc23)nc2cc(CN(C)c3ncc(C(=O)NO)cn3)sc12. The standard InChI is InChI=1S/C26H29N9O4S/c1-34(26-27-12-16(13-28-26)25(36)33-37)15-17-11-21-22(40-17)24(35(7-9-38-2)8-10-39-3)31-23(30-21)18-5-4-6-20-19(18)14-29-32-20/h4-6,11-14,37H,7-10,15H2,1-3H3,(H,29,32)(H,33,36). The number of anilines is 2. The molecule has 0 unspecified atom stereocenters. The van der Waals surface area contributed by atoms with Gasteiger partial charge in [0, 0.05) is 62.6 Å². The van der Waals surface area contributed by atoms with Gasteiger partial charge in [0.25, 0.3) is 5.91 Å². The van der Waals surface area contributed by atoms with Crippen molar-refractivity contribution in [2.45, 2.75) is 6.54 Å². The van der Waals surface area contributed by atoms with Crippen LogP contribution in [0.4, 0.5) is 11.8 Å². The molecule has 5 aromatic rings. The average molecular weight is 564 g/mol. The minimum absolute atomic E-state index is 0.161. The molecule has 4 heterocycles. The highest BCUT2D eigenvalue weighted by atomic mass is 32.1. The lowest BCUT2D eigenvalue weighted by Gasteiger charge is -2.24. The highest BCUT2D eigenvalue weighted by Crippen LogP contribution is 2.36. The van der Waals surface area contributed by atoms with E-state index in [1.165, 1.54) is 12.4 Å². The van der Waals surface area contributed by atoms with Gasteiger partial charge in [-0.15, -0.1) is 11.3 Å². The first-order valence-electron chi connectivity index (χ1n) is 12.5. The van der Waals surface area contributed by atoms with E-state index in [1.807, 2.05) is 30.1 Å². The smallest absolute Gasteiger partial charge is 0.277 e. The lowest BCUT2D eigenvalue weighted by molar-refractivity contribution is 0.0705. The first-order chi connectivity index (χ1) is 19.5. The van der Waals surface area contributed by atoms with Gasteiger partial charge in [-0.2, -0.15) is 5.10 Å². The Kier molecular flexibility index (Phi) is 8.40. The number of hydrogen-bond acceptors (Lipinski definition) is 12. The molecule has 0 aliphatic heterocycles. The second-order valence-electron chi connectivity index (χ2n) is 8.98. The van der Waals surface area contributed by atoms with Gasteiger partial charge < -0.3 is 19.3 Å². The number of nitrogens with one attached hydrogen (secondary N) is 2. The quantitative estimate of drug-likeness (QED) is 0.152. The first-order valence-corrected chi connectivity index (χ1v) is 13.3. The van der Waals surface area contributed by atoms with Crippen molar-refractivity contribution in [3.05, 3.63) is 53.3 Å². The summed E-state index contributed by atoms with van der Waals surface area (Å²) in [5, 5.41) is 17.0. The Hall–Kier alpha value is -4.24. The number of carbonyl (C=O) groups is 1. The van der Waals surface area contributed by atoms with E-state index in [2.05, 4.69) is 31.1 Å². The number of carbonyl (C=O) groups excluding carboxylic acids is 1. The maximum absolute atomic E-state index is 11.6. The van der Waals surface area contributed by atoms with E-state index in [-0.39, 0.29) is 5.56 Å². The van der Waals surface area contributed by atoms with Crippen LogP contribution in [0.5, 0.6) is 0 Å². The number of aromatic nitrogens is 6. The van der Waals surface area contributed by atoms with Gasteiger partial charge in [0.2, 0.25) is 5.95 Å². The Bertz CT molecular complexity index is 1600. The first kappa shape index (κ1) is 27.3. The van der Waals surface area contributed by atoms with E-state index in [0.29, 0.717) is 44.6 Å². The van der Waals surface area contributed by atoms with Crippen LogP contribution in [0.25, 0.3) is 32.5 Å². The van der Waals surface area contributed by atoms with Crippen molar-refractivity contribution in [3.63, 3.8) is 0 Å². The van der Waals surface area contributed by atoms with Crippen molar-refractivity contribution in [2.24, 2.45) is 0 Å². The van der Waals surface area contributed by atoms with Crippen molar-refractivity contribution in [1.29, 1.82) is 0 Å². The van der Waals surface area contributed by atoms with Crippen LogP contribution in [0.3, 0.4) is 0 Å². The second kappa shape index (κ2) is 12.3. The number of rotatable bonds is 12. The van der Waals surface area contributed by atoms with Gasteiger partial charge in [0.15, 0.2) is 11.6 Å². The molecule has 0 saturated heterocycles. The number of hydroxylamine groups is 1. The third kappa shape index (κ3) is 5.70. The molecule has 1 amide bonds. The number of H-pyrrole nitrogens is 1. The molecule has 0 radical (unpaired) electrons. The fraction of sp³-hybridized carbons (Fsp3) is 0.308. The summed E-state index contributed by atoms with van der Waals surface area (Å²) in [7, 11) is 5.23. The molecular formula is C26H29N9O4S. The summed E-state index contributed by atoms with van der Waals surface area (Å²) in [6.07, 6.45) is 4.52. The Labute approximate surface area is 233 Å². The number of amides is 1. The van der Waals surface area contributed by atoms with E-state index in [9.17, 15) is 4.79 Å². The molecular weight excluding hydrogens is 534 g/mol. The van der Waals surface area contributed by atoms with Gasteiger partial charge in [-0.3, -0.25) is 15.1 Å². The molecule has 0 spiro atoms. The van der Waals surface area contributed by atoms with Crippen LogP contribution in [0.15, 0.2) is 42.9 Å². The van der Waals surface area contributed by atoms with Gasteiger partial charge in [-0.1, -0.05) is 12.1 Å². The molecule has 0 atom stereocenters. The molecule has 14 heteroatoms. The normalized spacial score (nSPS) is 11.3. The summed E-state index contributed by atoms with van der Waals surface area (Å²) in [5.41, 5.74) is 4.36. The molecule has 0 saturated carbocycles. The van der Waals surface area contributed by atoms with Crippen molar-refractivity contribution in [1.82, 2.24) is 35.6 Å². The topological polar surface area (TPSA) is 155 Å². The van der Waals surface area contributed by atoms with Crippen LogP contribution < -0.4 is 15.3 Å². The van der Waals surface area contributed by atoms with E-state index >= 15 is 0 Å². The molecule has 0 bridgehead atoms. The molecule has 0 aliphatic rings. The maximum Gasteiger partial charge on any atom is 0.277 e. The highest BCUT2D eigenvalue weighted by Gasteiger charge is 2.20. The maximum atomic E-state index is 11.6. The summed E-state index contributed by atoms with van der Waals surface area (Å²) in [6.45, 7) is 2.84. The molecule has 0 fully saturated rings. The van der Waals surface area contributed by atoms with Crippen LogP contribution in [0.2, 0.25) is 0 Å². The van der Waals surface area contributed by atoms with Crippen LogP contribution in [0, 0.1) is 0 Å². The zero-order valence-corrected chi connectivity index (χ0v) is 23.1. The monoisotopic (exact) mass is 563 g/mol. The van der Waals surface area contributed by atoms with Crippen LogP contribution >= 0.6 is 11.3 Å². The third-order valence-electron chi connectivity index (χ3n) is 6.30. The number of aromatic amines is 1. The van der Waals surface area contributed by atoms with Crippen LogP contribution in [-0.2, 0) is 16.0 Å². The molecule has 3 N–H and O–H groups in total. The molecule has 5 rings (SSSR count). The summed E-state index contributed by atoms with van der Waals surface area (Å²) < 4.78 is 11.7. The fourth-order valence-corrected chi connectivity index (χ4v) is 5.44. The van der Waals surface area contributed by atoms with Gasteiger partial charge in [0.05, 0.1) is 47.3 Å². The number of thiophene rings is 1.